The number of benzene rings is 1. The number of guanidine groups is 1. The summed E-state index contributed by atoms with van der Waals surface area (Å²) in [5.41, 5.74) is 8.00. The third-order valence-corrected chi connectivity index (χ3v) is 3.81. The van der Waals surface area contributed by atoms with Gasteiger partial charge in [0.25, 0.3) is 0 Å². The molecule has 0 unspecified atom stereocenters. The average molecular weight is 425 g/mol. The first-order valence-electron chi connectivity index (χ1n) is 6.59. The Bertz CT molecular complexity index is 481. The van der Waals surface area contributed by atoms with Gasteiger partial charge in [0, 0.05) is 18.8 Å². The van der Waals surface area contributed by atoms with Crippen molar-refractivity contribution >= 4 is 41.7 Å². The zero-order valence-electron chi connectivity index (χ0n) is 12.0. The van der Waals surface area contributed by atoms with Crippen molar-refractivity contribution in [3.05, 3.63) is 35.1 Å². The molecule has 1 aromatic rings. The van der Waals surface area contributed by atoms with Crippen LogP contribution < -0.4 is 5.73 Å². The molecule has 1 heterocycles. The van der Waals surface area contributed by atoms with Crippen molar-refractivity contribution in [1.29, 1.82) is 0 Å². The van der Waals surface area contributed by atoms with Crippen LogP contribution in [0.5, 0.6) is 0 Å². The second kappa shape index (κ2) is 9.47. The molecule has 1 saturated heterocycles. The molecule has 1 aromatic carbocycles. The monoisotopic (exact) mass is 425 g/mol. The molecule has 21 heavy (non-hydrogen) atoms. The van der Waals surface area contributed by atoms with E-state index < -0.39 is 0 Å². The van der Waals surface area contributed by atoms with Gasteiger partial charge < -0.3 is 15.4 Å². The molecule has 1 aliphatic rings. The molecule has 0 radical (unpaired) electrons. The van der Waals surface area contributed by atoms with Crippen molar-refractivity contribution in [3.63, 3.8) is 0 Å². The summed E-state index contributed by atoms with van der Waals surface area (Å²) in [6.45, 7) is 3.40. The Kier molecular flexibility index (Phi) is 8.35. The number of hydrogen-bond donors (Lipinski definition) is 1. The van der Waals surface area contributed by atoms with Crippen LogP contribution in [-0.2, 0) is 17.0 Å². The van der Waals surface area contributed by atoms with E-state index in [-0.39, 0.29) is 29.8 Å². The number of halogens is 2. The predicted molar refractivity (Wildman–Crippen MR) is 96.8 cm³/mol. The summed E-state index contributed by atoms with van der Waals surface area (Å²) in [5, 5.41) is 0. The van der Waals surface area contributed by atoms with Crippen molar-refractivity contribution in [3.8, 4) is 0 Å². The number of rotatable bonds is 4. The molecule has 2 rings (SSSR count). The smallest absolute Gasteiger partial charge is 0.191 e. The number of morpholine rings is 1. The Labute approximate surface area is 146 Å². The third kappa shape index (κ3) is 5.63. The first kappa shape index (κ1) is 18.5. The van der Waals surface area contributed by atoms with Crippen LogP contribution in [0, 0.1) is 5.82 Å². The fraction of sp³-hybridized carbons (Fsp3) is 0.500. The van der Waals surface area contributed by atoms with Crippen LogP contribution in [0.25, 0.3) is 0 Å². The Morgan fingerprint density at radius 1 is 1.38 bits per heavy atom. The van der Waals surface area contributed by atoms with Gasteiger partial charge in [-0.15, -0.1) is 24.0 Å². The molecule has 1 aliphatic heterocycles. The van der Waals surface area contributed by atoms with Crippen LogP contribution >= 0.6 is 35.7 Å². The van der Waals surface area contributed by atoms with Crippen LogP contribution in [0.2, 0.25) is 0 Å². The maximum Gasteiger partial charge on any atom is 0.191 e. The molecule has 2 N–H and O–H groups in total. The molecule has 1 fully saturated rings. The normalized spacial score (nSPS) is 15.7. The molecule has 0 bridgehead atoms. The van der Waals surface area contributed by atoms with Gasteiger partial charge in [-0.25, -0.2) is 9.38 Å². The standard InChI is InChI=1S/C14H20FN3OS.HI/c1-20-10-12-8-13(15)3-2-11(12)9-17-14(16)18-4-6-19-7-5-18;/h2-3,8H,4-7,9-10H2,1H3,(H2,16,17);1H. The van der Waals surface area contributed by atoms with Crippen molar-refractivity contribution in [2.24, 2.45) is 10.7 Å². The Morgan fingerprint density at radius 3 is 2.76 bits per heavy atom. The van der Waals surface area contributed by atoms with Gasteiger partial charge in [0.2, 0.25) is 0 Å². The van der Waals surface area contributed by atoms with Gasteiger partial charge in [-0.1, -0.05) is 6.07 Å². The topological polar surface area (TPSA) is 50.8 Å². The van der Waals surface area contributed by atoms with Gasteiger partial charge in [0.1, 0.15) is 5.82 Å². The van der Waals surface area contributed by atoms with E-state index in [9.17, 15) is 4.39 Å². The van der Waals surface area contributed by atoms with E-state index in [0.717, 1.165) is 30.0 Å². The fourth-order valence-corrected chi connectivity index (χ4v) is 2.68. The highest BCUT2D eigenvalue weighted by molar-refractivity contribution is 14.0. The molecule has 118 valence electrons. The number of nitrogens with zero attached hydrogens (tertiary/aromatic N) is 2. The van der Waals surface area contributed by atoms with Gasteiger partial charge in [-0.05, 0) is 29.5 Å². The Morgan fingerprint density at radius 2 is 2.10 bits per heavy atom. The lowest BCUT2D eigenvalue weighted by Gasteiger charge is -2.27. The van der Waals surface area contributed by atoms with Crippen LogP contribution in [0.15, 0.2) is 23.2 Å². The molecule has 4 nitrogen and oxygen atoms in total. The van der Waals surface area contributed by atoms with Crippen LogP contribution in [0.1, 0.15) is 11.1 Å². The highest BCUT2D eigenvalue weighted by atomic mass is 127. The minimum atomic E-state index is -0.206. The van der Waals surface area contributed by atoms with E-state index in [2.05, 4.69) is 4.99 Å². The summed E-state index contributed by atoms with van der Waals surface area (Å²) in [6.07, 6.45) is 2.00. The molecule has 0 spiro atoms. The number of thioether (sulfide) groups is 1. The molecule has 7 heteroatoms. The summed E-state index contributed by atoms with van der Waals surface area (Å²) in [5.74, 6) is 1.11. The lowest BCUT2D eigenvalue weighted by atomic mass is 10.1. The van der Waals surface area contributed by atoms with Gasteiger partial charge in [-0.2, -0.15) is 11.8 Å². The van der Waals surface area contributed by atoms with Gasteiger partial charge in [-0.3, -0.25) is 0 Å². The van der Waals surface area contributed by atoms with Crippen LogP contribution in [0.4, 0.5) is 4.39 Å². The number of hydrogen-bond acceptors (Lipinski definition) is 3. The number of ether oxygens (including phenoxy) is 1. The molecular formula is C14H21FIN3OS. The third-order valence-electron chi connectivity index (χ3n) is 3.21. The Balaban J connectivity index is 0.00000220. The van der Waals surface area contributed by atoms with Gasteiger partial charge in [0.05, 0.1) is 19.8 Å². The fourth-order valence-electron chi connectivity index (χ4n) is 2.10. The van der Waals surface area contributed by atoms with Gasteiger partial charge in [0.15, 0.2) is 5.96 Å². The van der Waals surface area contributed by atoms with Crippen LogP contribution in [0.3, 0.4) is 0 Å². The molecular weight excluding hydrogens is 404 g/mol. The predicted octanol–water partition coefficient (Wildman–Crippen LogP) is 2.45. The molecule has 0 aliphatic carbocycles. The van der Waals surface area contributed by atoms with E-state index >= 15 is 0 Å². The van der Waals surface area contributed by atoms with Crippen molar-refractivity contribution in [2.75, 3.05) is 32.6 Å². The summed E-state index contributed by atoms with van der Waals surface area (Å²) < 4.78 is 18.5. The van der Waals surface area contributed by atoms with Gasteiger partial charge >= 0.3 is 0 Å². The molecule has 0 saturated carbocycles. The largest absolute Gasteiger partial charge is 0.378 e. The minimum absolute atomic E-state index is 0. The molecule has 0 aromatic heterocycles. The maximum atomic E-state index is 13.3. The Hall–Kier alpha value is -0.540. The van der Waals surface area contributed by atoms with Crippen molar-refractivity contribution in [2.45, 2.75) is 12.3 Å². The highest BCUT2D eigenvalue weighted by Crippen LogP contribution is 2.17. The summed E-state index contributed by atoms with van der Waals surface area (Å²) >= 11 is 1.67. The second-order valence-corrected chi connectivity index (χ2v) is 5.49. The summed E-state index contributed by atoms with van der Waals surface area (Å²) in [7, 11) is 0. The highest BCUT2D eigenvalue weighted by Gasteiger charge is 2.12. The molecule has 0 atom stereocenters. The average Bonchev–Trinajstić information content (AvgIpc) is 2.47. The SMILES string of the molecule is CSCc1cc(F)ccc1CN=C(N)N1CCOCC1.I. The lowest BCUT2D eigenvalue weighted by molar-refractivity contribution is 0.0674. The van der Waals surface area contributed by atoms with E-state index in [1.165, 1.54) is 6.07 Å². The second-order valence-electron chi connectivity index (χ2n) is 4.62. The quantitative estimate of drug-likeness (QED) is 0.458. The van der Waals surface area contributed by atoms with Crippen molar-refractivity contribution < 1.29 is 9.13 Å². The summed E-state index contributed by atoms with van der Waals surface area (Å²) in [4.78, 5) is 6.44. The maximum absolute atomic E-state index is 13.3. The lowest BCUT2D eigenvalue weighted by Crippen LogP contribution is -2.44. The van der Waals surface area contributed by atoms with Crippen LogP contribution in [-0.4, -0.2) is 43.4 Å². The zero-order chi connectivity index (χ0) is 14.4. The van der Waals surface area contributed by atoms with E-state index in [0.29, 0.717) is 25.7 Å². The zero-order valence-corrected chi connectivity index (χ0v) is 15.2. The first-order chi connectivity index (χ1) is 9.70. The number of aliphatic imine (C=N–C) groups is 1. The van der Waals surface area contributed by atoms with E-state index in [1.807, 2.05) is 11.2 Å². The summed E-state index contributed by atoms with van der Waals surface area (Å²) in [6, 6.07) is 4.84. The van der Waals surface area contributed by atoms with E-state index in [1.54, 1.807) is 23.9 Å². The minimum Gasteiger partial charge on any atom is -0.378 e. The first-order valence-corrected chi connectivity index (χ1v) is 7.99. The number of nitrogens with two attached hydrogens (primary N) is 1. The van der Waals surface area contributed by atoms with Crippen molar-refractivity contribution in [1.82, 2.24) is 4.90 Å². The molecule has 0 amide bonds. The van der Waals surface area contributed by atoms with E-state index in [4.69, 9.17) is 10.5 Å².